The fraction of sp³-hybridized carbons (Fsp3) is 0.636. The number of hydrogen-bond donors (Lipinski definition) is 3. The molecule has 0 aromatic carbocycles. The van der Waals surface area contributed by atoms with Crippen molar-refractivity contribution in [2.24, 2.45) is 5.92 Å². The molecule has 23 heavy (non-hydrogen) atoms. The van der Waals surface area contributed by atoms with Gasteiger partial charge in [0, 0.05) is 6.54 Å². The molecule has 130 valence electrons. The Bertz CT molecular complexity index is 536. The Kier molecular flexibility index (Phi) is 7.55. The van der Waals surface area contributed by atoms with Crippen LogP contribution in [0.15, 0.2) is 4.34 Å². The largest absolute Gasteiger partial charge is 0.405 e. The molecule has 1 aromatic rings. The lowest BCUT2D eigenvalue weighted by Gasteiger charge is -2.08. The summed E-state index contributed by atoms with van der Waals surface area (Å²) >= 11 is 2.29. The van der Waals surface area contributed by atoms with Crippen molar-refractivity contribution in [1.82, 2.24) is 20.8 Å². The van der Waals surface area contributed by atoms with Crippen LogP contribution < -0.4 is 16.0 Å². The summed E-state index contributed by atoms with van der Waals surface area (Å²) < 4.78 is 36.2. The molecule has 0 spiro atoms. The molecule has 0 bridgehead atoms. The lowest BCUT2D eigenvalue weighted by Crippen LogP contribution is -2.43. The number of imide groups is 1. The van der Waals surface area contributed by atoms with Gasteiger partial charge in [-0.3, -0.25) is 10.1 Å². The summed E-state index contributed by atoms with van der Waals surface area (Å²) in [5.74, 6) is -0.435. The third-order valence-corrected chi connectivity index (χ3v) is 4.11. The number of aromatic nitrogens is 2. The van der Waals surface area contributed by atoms with Gasteiger partial charge < -0.3 is 10.6 Å². The van der Waals surface area contributed by atoms with E-state index >= 15 is 0 Å². The van der Waals surface area contributed by atoms with Crippen molar-refractivity contribution in [2.45, 2.75) is 24.4 Å². The third kappa shape index (κ3) is 9.23. The van der Waals surface area contributed by atoms with Gasteiger partial charge in [-0.1, -0.05) is 36.9 Å². The molecule has 3 amide bonds. The Labute approximate surface area is 138 Å². The number of nitrogens with one attached hydrogen (secondary N) is 3. The van der Waals surface area contributed by atoms with E-state index in [0.29, 0.717) is 15.4 Å². The summed E-state index contributed by atoms with van der Waals surface area (Å²) in [7, 11) is 0. The minimum absolute atomic E-state index is 0.155. The number of rotatable bonds is 7. The first kappa shape index (κ1) is 19.5. The van der Waals surface area contributed by atoms with Gasteiger partial charge >= 0.3 is 12.2 Å². The first-order chi connectivity index (χ1) is 10.7. The number of hydrogen-bond acceptors (Lipinski definition) is 7. The fourth-order valence-corrected chi connectivity index (χ4v) is 2.70. The maximum atomic E-state index is 11.9. The number of thioether (sulfide) groups is 1. The van der Waals surface area contributed by atoms with E-state index in [1.807, 2.05) is 13.8 Å². The number of carbonyl (C=O) groups excluding carboxylic acids is 2. The second kappa shape index (κ2) is 8.91. The topological polar surface area (TPSA) is 96.0 Å². The van der Waals surface area contributed by atoms with Gasteiger partial charge in [-0.05, 0) is 5.92 Å². The monoisotopic (exact) mass is 371 g/mol. The third-order valence-electron chi connectivity index (χ3n) is 2.10. The molecule has 3 N–H and O–H groups in total. The van der Waals surface area contributed by atoms with E-state index in [0.717, 1.165) is 18.3 Å². The van der Waals surface area contributed by atoms with Crippen molar-refractivity contribution >= 4 is 40.2 Å². The molecular weight excluding hydrogens is 355 g/mol. The normalized spacial score (nSPS) is 11.4. The number of nitrogens with zero attached hydrogens (tertiary/aromatic N) is 2. The van der Waals surface area contributed by atoms with Crippen LogP contribution >= 0.6 is 23.1 Å². The molecule has 0 aliphatic carbocycles. The van der Waals surface area contributed by atoms with Crippen LogP contribution in [0, 0.1) is 5.92 Å². The molecule has 0 atom stereocenters. The SMILES string of the molecule is CC(C)CNc1nnc(SCC(=O)NC(=O)NCC(F)(F)F)s1. The van der Waals surface area contributed by atoms with E-state index in [2.05, 4.69) is 15.5 Å². The number of anilines is 1. The molecule has 1 aromatic heterocycles. The van der Waals surface area contributed by atoms with E-state index < -0.39 is 24.7 Å². The summed E-state index contributed by atoms with van der Waals surface area (Å²) in [5.41, 5.74) is 0. The maximum absolute atomic E-state index is 11.9. The zero-order valence-corrected chi connectivity index (χ0v) is 14.0. The Morgan fingerprint density at radius 3 is 2.61 bits per heavy atom. The van der Waals surface area contributed by atoms with Gasteiger partial charge in [0.05, 0.1) is 5.75 Å². The van der Waals surface area contributed by atoms with Crippen LogP contribution in [0.5, 0.6) is 0 Å². The van der Waals surface area contributed by atoms with Crippen LogP contribution in [0.1, 0.15) is 13.8 Å². The van der Waals surface area contributed by atoms with E-state index in [1.54, 1.807) is 10.6 Å². The number of carbonyl (C=O) groups is 2. The van der Waals surface area contributed by atoms with Gasteiger partial charge in [-0.25, -0.2) is 4.79 Å². The van der Waals surface area contributed by atoms with Crippen LogP contribution in [0.4, 0.5) is 23.1 Å². The second-order valence-corrected chi connectivity index (χ2v) is 6.98. The van der Waals surface area contributed by atoms with E-state index in [1.165, 1.54) is 11.3 Å². The number of urea groups is 1. The average molecular weight is 371 g/mol. The fourth-order valence-electron chi connectivity index (χ4n) is 1.15. The van der Waals surface area contributed by atoms with Crippen LogP contribution in [-0.4, -0.2) is 47.2 Å². The highest BCUT2D eigenvalue weighted by molar-refractivity contribution is 8.01. The molecule has 1 heterocycles. The lowest BCUT2D eigenvalue weighted by atomic mass is 10.2. The van der Waals surface area contributed by atoms with Crippen LogP contribution in [0.3, 0.4) is 0 Å². The Morgan fingerprint density at radius 1 is 1.30 bits per heavy atom. The highest BCUT2D eigenvalue weighted by atomic mass is 32.2. The Hall–Kier alpha value is -1.56. The molecule has 0 saturated carbocycles. The van der Waals surface area contributed by atoms with E-state index in [9.17, 15) is 22.8 Å². The van der Waals surface area contributed by atoms with E-state index in [4.69, 9.17) is 0 Å². The molecule has 12 heteroatoms. The first-order valence-corrected chi connectivity index (χ1v) is 8.30. The molecule has 0 unspecified atom stereocenters. The minimum Gasteiger partial charge on any atom is -0.360 e. The number of halogens is 3. The number of amides is 3. The van der Waals surface area contributed by atoms with Crippen LogP contribution in [0.2, 0.25) is 0 Å². The lowest BCUT2D eigenvalue weighted by molar-refractivity contribution is -0.124. The minimum atomic E-state index is -4.53. The standard InChI is InChI=1S/C11H16F3N5O2S2/c1-6(2)3-15-9-18-19-10(23-9)22-4-7(20)17-8(21)16-5-11(12,13)14/h6H,3-5H2,1-2H3,(H,15,18)(H2,16,17,20,21). The zero-order chi connectivity index (χ0) is 17.5. The highest BCUT2D eigenvalue weighted by Crippen LogP contribution is 2.25. The molecule has 0 saturated heterocycles. The summed E-state index contributed by atoms with van der Waals surface area (Å²) in [5, 5.41) is 14.8. The Balaban J connectivity index is 2.29. The van der Waals surface area contributed by atoms with Crippen molar-refractivity contribution in [2.75, 3.05) is 24.2 Å². The van der Waals surface area contributed by atoms with Crippen molar-refractivity contribution in [3.8, 4) is 0 Å². The van der Waals surface area contributed by atoms with Gasteiger partial charge in [0.1, 0.15) is 6.54 Å². The average Bonchev–Trinajstić information content (AvgIpc) is 2.88. The highest BCUT2D eigenvalue weighted by Gasteiger charge is 2.27. The van der Waals surface area contributed by atoms with Crippen LogP contribution in [0.25, 0.3) is 0 Å². The van der Waals surface area contributed by atoms with Gasteiger partial charge in [0.15, 0.2) is 4.34 Å². The van der Waals surface area contributed by atoms with Gasteiger partial charge in [0.25, 0.3) is 0 Å². The van der Waals surface area contributed by atoms with Gasteiger partial charge in [-0.15, -0.1) is 10.2 Å². The maximum Gasteiger partial charge on any atom is 0.405 e. The summed E-state index contributed by atoms with van der Waals surface area (Å²) in [6.45, 7) is 3.31. The molecule has 0 radical (unpaired) electrons. The molecular formula is C11H16F3N5O2S2. The van der Waals surface area contributed by atoms with Gasteiger partial charge in [-0.2, -0.15) is 13.2 Å². The van der Waals surface area contributed by atoms with Gasteiger partial charge in [0.2, 0.25) is 11.0 Å². The summed E-state index contributed by atoms with van der Waals surface area (Å²) in [6, 6.07) is -1.19. The van der Waals surface area contributed by atoms with Crippen molar-refractivity contribution in [1.29, 1.82) is 0 Å². The predicted octanol–water partition coefficient (Wildman–Crippen LogP) is 2.09. The van der Waals surface area contributed by atoms with Crippen molar-refractivity contribution in [3.63, 3.8) is 0 Å². The van der Waals surface area contributed by atoms with Crippen molar-refractivity contribution in [3.05, 3.63) is 0 Å². The van der Waals surface area contributed by atoms with E-state index in [-0.39, 0.29) is 5.75 Å². The first-order valence-electron chi connectivity index (χ1n) is 6.50. The molecule has 0 aliphatic rings. The summed E-state index contributed by atoms with van der Waals surface area (Å²) in [6.07, 6.45) is -4.53. The predicted molar refractivity (Wildman–Crippen MR) is 81.6 cm³/mol. The molecule has 0 fully saturated rings. The van der Waals surface area contributed by atoms with Crippen LogP contribution in [-0.2, 0) is 4.79 Å². The second-order valence-electron chi connectivity index (χ2n) is 4.78. The smallest absolute Gasteiger partial charge is 0.360 e. The van der Waals surface area contributed by atoms with Crippen molar-refractivity contribution < 1.29 is 22.8 Å². The molecule has 0 aliphatic heterocycles. The molecule has 1 rings (SSSR count). The summed E-state index contributed by atoms with van der Waals surface area (Å²) in [4.78, 5) is 22.5. The Morgan fingerprint density at radius 2 is 2.00 bits per heavy atom. The molecule has 7 nitrogen and oxygen atoms in total. The quantitative estimate of drug-likeness (QED) is 0.635. The number of alkyl halides is 3. The zero-order valence-electron chi connectivity index (χ0n) is 12.4.